The van der Waals surface area contributed by atoms with Crippen LogP contribution in [0.5, 0.6) is 0 Å². The van der Waals surface area contributed by atoms with E-state index in [4.69, 9.17) is 23.2 Å². The molecule has 0 aliphatic rings. The summed E-state index contributed by atoms with van der Waals surface area (Å²) < 4.78 is 0. The molecule has 0 saturated heterocycles. The highest BCUT2D eigenvalue weighted by molar-refractivity contribution is 6.39. The Hall–Kier alpha value is -2.81. The van der Waals surface area contributed by atoms with E-state index in [1.165, 1.54) is 18.3 Å². The van der Waals surface area contributed by atoms with Gasteiger partial charge in [0.2, 0.25) is 0 Å². The number of hydrogen-bond donors (Lipinski definition) is 2. The zero-order valence-corrected chi connectivity index (χ0v) is 13.6. The summed E-state index contributed by atoms with van der Waals surface area (Å²) in [5.41, 5.74) is 1.60. The second kappa shape index (κ2) is 6.36. The number of aromatic amines is 1. The first-order valence-corrected chi connectivity index (χ1v) is 7.53. The van der Waals surface area contributed by atoms with Crippen molar-refractivity contribution in [3.63, 3.8) is 0 Å². The normalized spacial score (nSPS) is 11.5. The Bertz CT molecular complexity index is 1020. The van der Waals surface area contributed by atoms with Crippen LogP contribution >= 0.6 is 23.2 Å². The van der Waals surface area contributed by atoms with Crippen LogP contribution in [0.2, 0.25) is 10.0 Å². The van der Waals surface area contributed by atoms with Gasteiger partial charge in [-0.2, -0.15) is 5.26 Å². The number of allylic oxidation sites excluding steroid dienone is 1. The van der Waals surface area contributed by atoms with Crippen LogP contribution in [0.4, 0.5) is 0 Å². The number of nitrogens with zero attached hydrogens (tertiary/aromatic N) is 2. The molecule has 0 bridgehead atoms. The number of fused-ring (bicyclic) bond motifs is 1. The molecule has 0 atom stereocenters. The molecule has 24 heavy (non-hydrogen) atoms. The van der Waals surface area contributed by atoms with E-state index in [9.17, 15) is 15.2 Å². The molecule has 0 saturated carbocycles. The van der Waals surface area contributed by atoms with Crippen LogP contribution in [0.15, 0.2) is 36.7 Å². The summed E-state index contributed by atoms with van der Waals surface area (Å²) in [5, 5.41) is 20.1. The van der Waals surface area contributed by atoms with Gasteiger partial charge in [0.15, 0.2) is 0 Å². The Balaban J connectivity index is 2.32. The SMILES string of the molecule is N#CC(=Cc1c(C(=O)O)[nH]c2cc(Cl)cc(Cl)c12)c1cccnc1. The van der Waals surface area contributed by atoms with Gasteiger partial charge in [0.25, 0.3) is 0 Å². The van der Waals surface area contributed by atoms with Crippen LogP contribution in [0.3, 0.4) is 0 Å². The summed E-state index contributed by atoms with van der Waals surface area (Å²) in [6.45, 7) is 0. The number of rotatable bonds is 3. The van der Waals surface area contributed by atoms with E-state index in [1.807, 2.05) is 0 Å². The minimum absolute atomic E-state index is 0.0641. The lowest BCUT2D eigenvalue weighted by Gasteiger charge is -2.01. The topological polar surface area (TPSA) is 89.8 Å². The van der Waals surface area contributed by atoms with Crippen molar-refractivity contribution in [2.75, 3.05) is 0 Å². The van der Waals surface area contributed by atoms with Gasteiger partial charge in [0.05, 0.1) is 16.7 Å². The lowest BCUT2D eigenvalue weighted by molar-refractivity contribution is 0.0691. The van der Waals surface area contributed by atoms with Crippen LogP contribution in [0, 0.1) is 11.3 Å². The van der Waals surface area contributed by atoms with E-state index in [0.717, 1.165) is 0 Å². The van der Waals surface area contributed by atoms with Crippen LogP contribution in [0.1, 0.15) is 21.6 Å². The largest absolute Gasteiger partial charge is 0.477 e. The third-order valence-corrected chi connectivity index (χ3v) is 3.97. The molecule has 5 nitrogen and oxygen atoms in total. The molecule has 1 aromatic carbocycles. The number of pyridine rings is 1. The summed E-state index contributed by atoms with van der Waals surface area (Å²) >= 11 is 12.2. The average molecular weight is 358 g/mol. The number of benzene rings is 1. The van der Waals surface area contributed by atoms with Gasteiger partial charge in [-0.1, -0.05) is 29.3 Å². The molecular formula is C17H9Cl2N3O2. The Morgan fingerprint density at radius 1 is 1.38 bits per heavy atom. The van der Waals surface area contributed by atoms with Crippen LogP contribution < -0.4 is 0 Å². The van der Waals surface area contributed by atoms with Gasteiger partial charge < -0.3 is 10.1 Å². The maximum Gasteiger partial charge on any atom is 0.352 e. The second-order valence-corrected chi connectivity index (χ2v) is 5.78. The van der Waals surface area contributed by atoms with E-state index in [-0.39, 0.29) is 11.3 Å². The monoisotopic (exact) mass is 357 g/mol. The molecular weight excluding hydrogens is 349 g/mol. The molecule has 2 N–H and O–H groups in total. The van der Waals surface area contributed by atoms with Crippen molar-refractivity contribution in [2.24, 2.45) is 0 Å². The predicted octanol–water partition coefficient (Wildman–Crippen LogP) is 4.63. The lowest BCUT2D eigenvalue weighted by atomic mass is 10.0. The Morgan fingerprint density at radius 3 is 2.79 bits per heavy atom. The fraction of sp³-hybridized carbons (Fsp3) is 0. The number of aromatic carboxylic acids is 1. The average Bonchev–Trinajstić information content (AvgIpc) is 2.92. The number of carbonyl (C=O) groups is 1. The minimum atomic E-state index is -1.16. The van der Waals surface area contributed by atoms with Crippen molar-refractivity contribution in [1.29, 1.82) is 5.26 Å². The summed E-state index contributed by atoms with van der Waals surface area (Å²) in [7, 11) is 0. The maximum atomic E-state index is 11.6. The van der Waals surface area contributed by atoms with Gasteiger partial charge in [-0.3, -0.25) is 4.98 Å². The molecule has 3 rings (SSSR count). The highest BCUT2D eigenvalue weighted by atomic mass is 35.5. The van der Waals surface area contributed by atoms with Crippen LogP contribution in [0.25, 0.3) is 22.6 Å². The maximum absolute atomic E-state index is 11.6. The summed E-state index contributed by atoms with van der Waals surface area (Å²) in [4.78, 5) is 18.3. The van der Waals surface area contributed by atoms with E-state index in [1.54, 1.807) is 24.4 Å². The number of hydrogen-bond acceptors (Lipinski definition) is 3. The first kappa shape index (κ1) is 16.1. The van der Waals surface area contributed by atoms with E-state index in [0.29, 0.717) is 32.1 Å². The number of carboxylic acids is 1. The molecule has 0 amide bonds. The molecule has 2 aromatic heterocycles. The van der Waals surface area contributed by atoms with Crippen LogP contribution in [-0.2, 0) is 0 Å². The quantitative estimate of drug-likeness (QED) is 0.668. The number of aromatic nitrogens is 2. The van der Waals surface area contributed by atoms with Crippen molar-refractivity contribution < 1.29 is 9.90 Å². The molecule has 0 unspecified atom stereocenters. The van der Waals surface area contributed by atoms with Crippen molar-refractivity contribution >= 4 is 51.7 Å². The molecule has 0 fully saturated rings. The van der Waals surface area contributed by atoms with Gasteiger partial charge in [0, 0.05) is 39.4 Å². The molecule has 0 spiro atoms. The van der Waals surface area contributed by atoms with Gasteiger partial charge in [-0.25, -0.2) is 4.79 Å². The van der Waals surface area contributed by atoms with Crippen LogP contribution in [-0.4, -0.2) is 21.0 Å². The van der Waals surface area contributed by atoms with Crippen molar-refractivity contribution in [2.45, 2.75) is 0 Å². The fourth-order valence-electron chi connectivity index (χ4n) is 2.43. The first-order valence-electron chi connectivity index (χ1n) is 6.77. The van der Waals surface area contributed by atoms with E-state index < -0.39 is 5.97 Å². The Morgan fingerprint density at radius 2 is 2.17 bits per heavy atom. The molecule has 118 valence electrons. The highest BCUT2D eigenvalue weighted by Gasteiger charge is 2.19. The minimum Gasteiger partial charge on any atom is -0.477 e. The van der Waals surface area contributed by atoms with E-state index >= 15 is 0 Å². The summed E-state index contributed by atoms with van der Waals surface area (Å²) in [5.74, 6) is -1.16. The molecule has 0 aliphatic heterocycles. The number of carboxylic acid groups (broad SMARTS) is 1. The second-order valence-electron chi connectivity index (χ2n) is 4.94. The van der Waals surface area contributed by atoms with Gasteiger partial charge in [-0.05, 0) is 24.3 Å². The van der Waals surface area contributed by atoms with Crippen molar-refractivity contribution in [1.82, 2.24) is 9.97 Å². The Labute approximate surface area is 146 Å². The van der Waals surface area contributed by atoms with Gasteiger partial charge >= 0.3 is 5.97 Å². The number of nitrogens with one attached hydrogen (secondary N) is 1. The fourth-order valence-corrected chi connectivity index (χ4v) is 3.03. The summed E-state index contributed by atoms with van der Waals surface area (Å²) in [6, 6.07) is 8.59. The molecule has 3 aromatic rings. The Kier molecular flexibility index (Phi) is 4.26. The predicted molar refractivity (Wildman–Crippen MR) is 93.0 cm³/mol. The number of nitriles is 1. The van der Waals surface area contributed by atoms with Crippen molar-refractivity contribution in [3.8, 4) is 6.07 Å². The lowest BCUT2D eigenvalue weighted by Crippen LogP contribution is -1.99. The zero-order valence-electron chi connectivity index (χ0n) is 12.0. The van der Waals surface area contributed by atoms with Gasteiger partial charge in [0.1, 0.15) is 5.69 Å². The molecule has 0 aliphatic carbocycles. The first-order chi connectivity index (χ1) is 11.5. The smallest absolute Gasteiger partial charge is 0.352 e. The molecule has 2 heterocycles. The zero-order chi connectivity index (χ0) is 17.3. The van der Waals surface area contributed by atoms with E-state index in [2.05, 4.69) is 16.0 Å². The third kappa shape index (κ3) is 2.85. The molecule has 0 radical (unpaired) electrons. The molecule has 7 heteroatoms. The van der Waals surface area contributed by atoms with Crippen molar-refractivity contribution in [3.05, 3.63) is 63.5 Å². The highest BCUT2D eigenvalue weighted by Crippen LogP contribution is 2.34. The van der Waals surface area contributed by atoms with Gasteiger partial charge in [-0.15, -0.1) is 0 Å². The number of H-pyrrole nitrogens is 1. The standard InChI is InChI=1S/C17H9Cl2N3O2/c18-11-5-13(19)15-12(16(17(23)24)22-14(15)6-11)4-10(7-20)9-2-1-3-21-8-9/h1-6,8,22H,(H,23,24). The summed E-state index contributed by atoms with van der Waals surface area (Å²) in [6.07, 6.45) is 4.60. The number of halogens is 2. The third-order valence-electron chi connectivity index (χ3n) is 3.45.